The molecule has 0 spiro atoms. The second-order valence-electron chi connectivity index (χ2n) is 14.5. The van der Waals surface area contributed by atoms with Crippen LogP contribution >= 0.6 is 0 Å². The van der Waals surface area contributed by atoms with Crippen LogP contribution in [-0.2, 0) is 0 Å². The van der Waals surface area contributed by atoms with Crippen molar-refractivity contribution in [2.75, 3.05) is 4.90 Å². The maximum absolute atomic E-state index is 6.36. The second kappa shape index (κ2) is 13.6. The molecule has 0 N–H and O–H groups in total. The minimum atomic E-state index is 0.870. The zero-order chi connectivity index (χ0) is 37.7. The van der Waals surface area contributed by atoms with Crippen molar-refractivity contribution in [1.29, 1.82) is 0 Å². The van der Waals surface area contributed by atoms with Gasteiger partial charge in [-0.3, -0.25) is 0 Å². The predicted molar refractivity (Wildman–Crippen MR) is 239 cm³/mol. The van der Waals surface area contributed by atoms with Crippen molar-refractivity contribution in [3.8, 4) is 39.1 Å². The summed E-state index contributed by atoms with van der Waals surface area (Å²) in [5, 5.41) is 4.71. The fourth-order valence-electron chi connectivity index (χ4n) is 8.59. The van der Waals surface area contributed by atoms with Crippen molar-refractivity contribution < 1.29 is 4.42 Å². The molecule has 9 aromatic carbocycles. The molecule has 0 amide bonds. The van der Waals surface area contributed by atoms with Gasteiger partial charge in [0.15, 0.2) is 0 Å². The van der Waals surface area contributed by atoms with E-state index in [1.54, 1.807) is 0 Å². The summed E-state index contributed by atoms with van der Waals surface area (Å²) in [6.07, 6.45) is 0. The summed E-state index contributed by atoms with van der Waals surface area (Å²) in [6.45, 7) is 0. The Morgan fingerprint density at radius 3 is 1.67 bits per heavy atom. The van der Waals surface area contributed by atoms with Crippen LogP contribution in [0.3, 0.4) is 0 Å². The smallest absolute Gasteiger partial charge is 0.137 e. The standard InChI is InChI=1S/C54H36N2O/c1-3-14-37(15-4-1)38-28-32-43(33-29-38)55(50-25-13-27-52-54(50)47-21-8-10-26-51(47)57-52)44-34-30-39(31-35-44)40-16-11-17-41(36-40)45-22-12-24-49-53(45)46-20-7-9-23-48(46)56(49)42-18-5-2-6-19-42/h1-36H. The predicted octanol–water partition coefficient (Wildman–Crippen LogP) is 15.2. The van der Waals surface area contributed by atoms with E-state index in [4.69, 9.17) is 4.42 Å². The molecule has 2 aromatic heterocycles. The van der Waals surface area contributed by atoms with Crippen molar-refractivity contribution in [3.05, 3.63) is 218 Å². The minimum Gasteiger partial charge on any atom is -0.456 e. The first-order valence-corrected chi connectivity index (χ1v) is 19.4. The molecule has 0 unspecified atom stereocenters. The van der Waals surface area contributed by atoms with Crippen LogP contribution in [0.5, 0.6) is 0 Å². The lowest BCUT2D eigenvalue weighted by Crippen LogP contribution is -2.10. The molecule has 3 nitrogen and oxygen atoms in total. The van der Waals surface area contributed by atoms with E-state index in [-0.39, 0.29) is 0 Å². The van der Waals surface area contributed by atoms with Gasteiger partial charge in [0.25, 0.3) is 0 Å². The van der Waals surface area contributed by atoms with Crippen LogP contribution in [-0.4, -0.2) is 4.57 Å². The number of nitrogens with zero attached hydrogens (tertiary/aromatic N) is 2. The molecule has 3 heteroatoms. The van der Waals surface area contributed by atoms with E-state index in [0.717, 1.165) is 50.3 Å². The zero-order valence-corrected chi connectivity index (χ0v) is 31.1. The number of hydrogen-bond donors (Lipinski definition) is 0. The number of furan rings is 1. The van der Waals surface area contributed by atoms with E-state index in [0.29, 0.717) is 0 Å². The molecule has 11 aromatic rings. The van der Waals surface area contributed by atoms with E-state index in [2.05, 4.69) is 216 Å². The SMILES string of the molecule is c1ccc(-c2ccc(N(c3ccc(-c4cccc(-c5cccc6c5c5ccccc5n6-c5ccccc5)c4)cc3)c3cccc4oc5ccccc5c34)cc2)cc1. The van der Waals surface area contributed by atoms with Crippen molar-refractivity contribution in [1.82, 2.24) is 4.57 Å². The Hall–Kier alpha value is -7.62. The number of fused-ring (bicyclic) bond motifs is 6. The summed E-state index contributed by atoms with van der Waals surface area (Å²) in [5.41, 5.74) is 15.7. The van der Waals surface area contributed by atoms with Crippen molar-refractivity contribution >= 4 is 60.8 Å². The zero-order valence-electron chi connectivity index (χ0n) is 31.1. The van der Waals surface area contributed by atoms with Crippen LogP contribution in [0.1, 0.15) is 0 Å². The Morgan fingerprint density at radius 1 is 0.351 bits per heavy atom. The molecular weight excluding hydrogens is 693 g/mol. The number of anilines is 3. The van der Waals surface area contributed by atoms with Gasteiger partial charge in [0.05, 0.1) is 22.1 Å². The third-order valence-corrected chi connectivity index (χ3v) is 11.2. The molecule has 0 saturated heterocycles. The van der Waals surface area contributed by atoms with E-state index in [1.807, 2.05) is 12.1 Å². The fraction of sp³-hybridized carbons (Fsp3) is 0. The van der Waals surface area contributed by atoms with Gasteiger partial charge in [-0.2, -0.15) is 0 Å². The average molecular weight is 729 g/mol. The summed E-state index contributed by atoms with van der Waals surface area (Å²) in [6, 6.07) is 78.0. The van der Waals surface area contributed by atoms with Gasteiger partial charge >= 0.3 is 0 Å². The quantitative estimate of drug-likeness (QED) is 0.163. The molecule has 0 bridgehead atoms. The van der Waals surface area contributed by atoms with Gasteiger partial charge in [0.2, 0.25) is 0 Å². The topological polar surface area (TPSA) is 21.3 Å². The first-order chi connectivity index (χ1) is 28.3. The van der Waals surface area contributed by atoms with Gasteiger partial charge in [-0.15, -0.1) is 0 Å². The maximum Gasteiger partial charge on any atom is 0.137 e. The molecule has 0 fully saturated rings. The lowest BCUT2D eigenvalue weighted by atomic mass is 9.95. The second-order valence-corrected chi connectivity index (χ2v) is 14.5. The van der Waals surface area contributed by atoms with E-state index < -0.39 is 0 Å². The van der Waals surface area contributed by atoms with Crippen molar-refractivity contribution in [2.45, 2.75) is 0 Å². The van der Waals surface area contributed by atoms with E-state index in [1.165, 1.54) is 49.6 Å². The number of para-hydroxylation sites is 3. The summed E-state index contributed by atoms with van der Waals surface area (Å²) < 4.78 is 8.74. The van der Waals surface area contributed by atoms with Crippen molar-refractivity contribution in [2.24, 2.45) is 0 Å². The molecular formula is C54H36N2O. The number of aromatic nitrogens is 1. The van der Waals surface area contributed by atoms with Gasteiger partial charge in [-0.25, -0.2) is 0 Å². The van der Waals surface area contributed by atoms with Crippen molar-refractivity contribution in [3.63, 3.8) is 0 Å². The molecule has 0 aliphatic carbocycles. The van der Waals surface area contributed by atoms with Gasteiger partial charge in [-0.1, -0.05) is 146 Å². The van der Waals surface area contributed by atoms with Crippen LogP contribution in [0.4, 0.5) is 17.1 Å². The molecule has 268 valence electrons. The first-order valence-electron chi connectivity index (χ1n) is 19.4. The van der Waals surface area contributed by atoms with Crippen LogP contribution in [0.2, 0.25) is 0 Å². The van der Waals surface area contributed by atoms with Crippen LogP contribution in [0.15, 0.2) is 223 Å². The first kappa shape index (κ1) is 32.8. The van der Waals surface area contributed by atoms with Crippen LogP contribution in [0.25, 0.3) is 82.8 Å². The molecule has 57 heavy (non-hydrogen) atoms. The average Bonchev–Trinajstić information content (AvgIpc) is 3.84. The number of benzene rings is 9. The summed E-state index contributed by atoms with van der Waals surface area (Å²) in [4.78, 5) is 2.35. The monoisotopic (exact) mass is 728 g/mol. The lowest BCUT2D eigenvalue weighted by Gasteiger charge is -2.26. The highest BCUT2D eigenvalue weighted by Gasteiger charge is 2.20. The third-order valence-electron chi connectivity index (χ3n) is 11.2. The maximum atomic E-state index is 6.36. The molecule has 2 heterocycles. The Kier molecular flexibility index (Phi) is 7.82. The largest absolute Gasteiger partial charge is 0.456 e. The molecule has 0 radical (unpaired) electrons. The van der Waals surface area contributed by atoms with Gasteiger partial charge in [0, 0.05) is 33.2 Å². The Labute approximate surface area is 330 Å². The third kappa shape index (κ3) is 5.60. The van der Waals surface area contributed by atoms with Crippen LogP contribution < -0.4 is 4.90 Å². The fourth-order valence-corrected chi connectivity index (χ4v) is 8.59. The van der Waals surface area contributed by atoms with Gasteiger partial charge < -0.3 is 13.9 Å². The highest BCUT2D eigenvalue weighted by Crippen LogP contribution is 2.44. The normalized spacial score (nSPS) is 11.5. The Balaban J connectivity index is 1.02. The van der Waals surface area contributed by atoms with Gasteiger partial charge in [-0.05, 0) is 106 Å². The van der Waals surface area contributed by atoms with Crippen LogP contribution in [0, 0.1) is 0 Å². The summed E-state index contributed by atoms with van der Waals surface area (Å²) in [7, 11) is 0. The molecule has 0 saturated carbocycles. The minimum absolute atomic E-state index is 0.870. The van der Waals surface area contributed by atoms with E-state index in [9.17, 15) is 0 Å². The Morgan fingerprint density at radius 2 is 0.895 bits per heavy atom. The molecule has 0 atom stereocenters. The Bertz CT molecular complexity index is 3210. The molecule has 0 aliphatic rings. The molecule has 11 rings (SSSR count). The number of rotatable bonds is 7. The van der Waals surface area contributed by atoms with Gasteiger partial charge in [0.1, 0.15) is 11.2 Å². The highest BCUT2D eigenvalue weighted by atomic mass is 16.3. The summed E-state index contributed by atoms with van der Waals surface area (Å²) in [5.74, 6) is 0. The lowest BCUT2D eigenvalue weighted by molar-refractivity contribution is 0.669. The number of hydrogen-bond acceptors (Lipinski definition) is 2. The summed E-state index contributed by atoms with van der Waals surface area (Å²) >= 11 is 0. The molecule has 0 aliphatic heterocycles. The van der Waals surface area contributed by atoms with E-state index >= 15 is 0 Å². The highest BCUT2D eigenvalue weighted by molar-refractivity contribution is 6.16.